The molecule has 0 aliphatic heterocycles. The van der Waals surface area contributed by atoms with Crippen molar-refractivity contribution in [3.63, 3.8) is 0 Å². The summed E-state index contributed by atoms with van der Waals surface area (Å²) in [6.45, 7) is 0. The number of aryl methyl sites for hydroxylation is 2. The zero-order chi connectivity index (χ0) is 27.5. The molecule has 0 aliphatic carbocycles. The molecule has 0 saturated heterocycles. The summed E-state index contributed by atoms with van der Waals surface area (Å²) in [5.41, 5.74) is 5.51. The molecule has 0 radical (unpaired) electrons. The van der Waals surface area contributed by atoms with Gasteiger partial charge in [0.25, 0.3) is 0 Å². The highest BCUT2D eigenvalue weighted by molar-refractivity contribution is 6.27. The summed E-state index contributed by atoms with van der Waals surface area (Å²) < 4.78 is 13.1. The van der Waals surface area contributed by atoms with E-state index in [2.05, 4.69) is 121 Å². The van der Waals surface area contributed by atoms with E-state index in [1.54, 1.807) is 0 Å². The molecule has 0 aromatic heterocycles. The van der Waals surface area contributed by atoms with Crippen molar-refractivity contribution in [2.75, 3.05) is 0 Å². The maximum Gasteiger partial charge on any atom is 0.162 e. The minimum Gasteiger partial charge on any atom is -0.417 e. The molecule has 4 aromatic carbocycles. The van der Waals surface area contributed by atoms with Gasteiger partial charge in [-0.3, -0.25) is 0 Å². The summed E-state index contributed by atoms with van der Waals surface area (Å²) in [7, 11) is -1.05. The number of benzene rings is 4. The largest absolute Gasteiger partial charge is 0.417 e. The predicted octanol–water partition coefficient (Wildman–Crippen LogP) is 8.33. The number of rotatable bonds is 19. The minimum absolute atomic E-state index is 0.247. The molecule has 0 fully saturated rings. The molecule has 0 spiro atoms. The summed E-state index contributed by atoms with van der Waals surface area (Å²) in [6.07, 6.45) is 9.80. The summed E-state index contributed by atoms with van der Waals surface area (Å²) >= 11 is 0. The molecular weight excluding hydrogens is 521 g/mol. The van der Waals surface area contributed by atoms with E-state index in [9.17, 15) is 0 Å². The highest BCUT2D eigenvalue weighted by Gasteiger charge is 2.13. The predicted molar refractivity (Wildman–Crippen MR) is 175 cm³/mol. The van der Waals surface area contributed by atoms with Crippen molar-refractivity contribution in [1.82, 2.24) is 0 Å². The van der Waals surface area contributed by atoms with Gasteiger partial charge in [-0.05, 0) is 72.9 Å². The van der Waals surface area contributed by atoms with Gasteiger partial charge < -0.3 is 8.85 Å². The maximum absolute atomic E-state index is 6.57. The fourth-order valence-corrected chi connectivity index (χ4v) is 8.05. The van der Waals surface area contributed by atoms with Crippen molar-refractivity contribution in [3.8, 4) is 0 Å². The van der Waals surface area contributed by atoms with E-state index in [4.69, 9.17) is 8.85 Å². The normalized spacial score (nSPS) is 13.3. The van der Waals surface area contributed by atoms with Gasteiger partial charge in [0.05, 0.1) is 12.2 Å². The fourth-order valence-electron chi connectivity index (χ4n) is 5.31. The van der Waals surface area contributed by atoms with Crippen LogP contribution in [0.5, 0.6) is 0 Å². The van der Waals surface area contributed by atoms with Crippen molar-refractivity contribution in [2.24, 2.45) is 0 Å². The molecule has 210 valence electrons. The van der Waals surface area contributed by atoms with E-state index in [-0.39, 0.29) is 12.2 Å². The summed E-state index contributed by atoms with van der Waals surface area (Å²) in [4.78, 5) is 0. The first-order valence-electron chi connectivity index (χ1n) is 15.3. The van der Waals surface area contributed by atoms with Crippen LogP contribution in [-0.2, 0) is 21.7 Å². The lowest BCUT2D eigenvalue weighted by Crippen LogP contribution is -2.10. The van der Waals surface area contributed by atoms with Crippen molar-refractivity contribution < 1.29 is 8.85 Å². The first-order chi connectivity index (χ1) is 19.9. The Hall–Kier alpha value is -2.77. The van der Waals surface area contributed by atoms with Crippen molar-refractivity contribution >= 4 is 19.5 Å². The van der Waals surface area contributed by atoms with Gasteiger partial charge in [0, 0.05) is 0 Å². The van der Waals surface area contributed by atoms with Gasteiger partial charge in [-0.2, -0.15) is 0 Å². The Morgan fingerprint density at radius 1 is 0.425 bits per heavy atom. The lowest BCUT2D eigenvalue weighted by atomic mass is 10.0. The second kappa shape index (κ2) is 18.6. The molecule has 0 N–H and O–H groups in total. The Morgan fingerprint density at radius 2 is 0.775 bits per heavy atom. The van der Waals surface area contributed by atoms with Crippen LogP contribution in [-0.4, -0.2) is 19.5 Å². The Bertz CT molecular complexity index is 1060. The van der Waals surface area contributed by atoms with Crippen LogP contribution in [0, 0.1) is 0 Å². The van der Waals surface area contributed by atoms with Crippen LogP contribution in [0.2, 0.25) is 12.1 Å². The molecule has 0 aliphatic rings. The van der Waals surface area contributed by atoms with Crippen LogP contribution in [0.15, 0.2) is 121 Å². The van der Waals surface area contributed by atoms with Gasteiger partial charge in [0.2, 0.25) is 0 Å². The molecule has 2 nitrogen and oxygen atoms in total. The molecule has 4 aromatic rings. The minimum atomic E-state index is -0.525. The molecule has 4 heteroatoms. The third kappa shape index (κ3) is 11.4. The van der Waals surface area contributed by atoms with Gasteiger partial charge in [0.15, 0.2) is 19.5 Å². The van der Waals surface area contributed by atoms with Crippen molar-refractivity contribution in [2.45, 2.75) is 75.7 Å². The SMILES string of the molecule is c1ccc(CCCC(O[SiH2]CCCC[SiH2]OC(CCCc2ccccc2)c2ccccc2)c2ccccc2)cc1. The highest BCUT2D eigenvalue weighted by Crippen LogP contribution is 2.25. The Balaban J connectivity index is 1.13. The van der Waals surface area contributed by atoms with Gasteiger partial charge in [0.1, 0.15) is 0 Å². The molecule has 40 heavy (non-hydrogen) atoms. The van der Waals surface area contributed by atoms with Crippen LogP contribution >= 0.6 is 0 Å². The third-order valence-electron chi connectivity index (χ3n) is 7.57. The molecular formula is C36H46O2Si2. The standard InChI is InChI=1S/C36H46O2Si2/c1-5-17-31(18-6-1)21-15-27-35(33-23-9-3-10-24-33)37-39-29-13-14-30-40-38-36(34-25-11-4-12-26-34)28-16-22-32-19-7-2-8-20-32/h1-12,17-20,23-26,35-36H,13-16,21-22,27-30,39-40H2. The van der Waals surface area contributed by atoms with Crippen LogP contribution in [0.3, 0.4) is 0 Å². The van der Waals surface area contributed by atoms with Crippen LogP contribution in [0.1, 0.15) is 73.0 Å². The van der Waals surface area contributed by atoms with Crippen LogP contribution < -0.4 is 0 Å². The quantitative estimate of drug-likeness (QED) is 0.0839. The van der Waals surface area contributed by atoms with Gasteiger partial charge >= 0.3 is 0 Å². The Labute approximate surface area is 247 Å². The fraction of sp³-hybridized carbons (Fsp3) is 0.333. The second-order valence-corrected chi connectivity index (χ2v) is 13.6. The highest BCUT2D eigenvalue weighted by atomic mass is 28.2. The Kier molecular flexibility index (Phi) is 14.0. The van der Waals surface area contributed by atoms with Crippen molar-refractivity contribution in [3.05, 3.63) is 144 Å². The number of unbranched alkanes of at least 4 members (excludes halogenated alkanes) is 1. The first-order valence-corrected chi connectivity index (χ1v) is 18.4. The Morgan fingerprint density at radius 3 is 1.15 bits per heavy atom. The van der Waals surface area contributed by atoms with Gasteiger partial charge in [-0.15, -0.1) is 0 Å². The van der Waals surface area contributed by atoms with Gasteiger partial charge in [-0.1, -0.05) is 134 Å². The van der Waals surface area contributed by atoms with E-state index in [0.717, 1.165) is 38.5 Å². The summed E-state index contributed by atoms with van der Waals surface area (Å²) in [5.74, 6) is 0. The van der Waals surface area contributed by atoms with E-state index < -0.39 is 19.5 Å². The van der Waals surface area contributed by atoms with Crippen molar-refractivity contribution in [1.29, 1.82) is 0 Å². The monoisotopic (exact) mass is 566 g/mol. The zero-order valence-corrected chi connectivity index (χ0v) is 26.8. The number of hydrogen-bond acceptors (Lipinski definition) is 2. The van der Waals surface area contributed by atoms with E-state index >= 15 is 0 Å². The molecule has 0 heterocycles. The summed E-state index contributed by atoms with van der Waals surface area (Å²) in [5, 5.41) is 0. The van der Waals surface area contributed by atoms with E-state index in [0.29, 0.717) is 0 Å². The van der Waals surface area contributed by atoms with Crippen LogP contribution in [0.4, 0.5) is 0 Å². The number of hydrogen-bond donors (Lipinski definition) is 0. The van der Waals surface area contributed by atoms with E-state index in [1.165, 1.54) is 47.2 Å². The smallest absolute Gasteiger partial charge is 0.162 e. The molecule has 0 bridgehead atoms. The topological polar surface area (TPSA) is 18.5 Å². The first kappa shape index (κ1) is 30.2. The van der Waals surface area contributed by atoms with Gasteiger partial charge in [-0.25, -0.2) is 0 Å². The molecule has 2 atom stereocenters. The van der Waals surface area contributed by atoms with Crippen LogP contribution in [0.25, 0.3) is 0 Å². The molecule has 0 saturated carbocycles. The molecule has 2 unspecified atom stereocenters. The average molecular weight is 567 g/mol. The lowest BCUT2D eigenvalue weighted by Gasteiger charge is -2.20. The van der Waals surface area contributed by atoms with E-state index in [1.807, 2.05) is 0 Å². The lowest BCUT2D eigenvalue weighted by molar-refractivity contribution is 0.199. The average Bonchev–Trinajstić information content (AvgIpc) is 3.02. The molecule has 4 rings (SSSR count). The molecule has 0 amide bonds. The summed E-state index contributed by atoms with van der Waals surface area (Å²) in [6, 6.07) is 45.8. The maximum atomic E-state index is 6.57. The third-order valence-corrected chi connectivity index (χ3v) is 10.4. The second-order valence-electron chi connectivity index (χ2n) is 10.7. The zero-order valence-electron chi connectivity index (χ0n) is 24.0.